The van der Waals surface area contributed by atoms with Gasteiger partial charge in [-0.05, 0) is 31.2 Å². The third-order valence-electron chi connectivity index (χ3n) is 2.67. The van der Waals surface area contributed by atoms with Crippen molar-refractivity contribution in [1.82, 2.24) is 15.0 Å². The van der Waals surface area contributed by atoms with E-state index in [-0.39, 0.29) is 5.82 Å². The van der Waals surface area contributed by atoms with Crippen molar-refractivity contribution >= 4 is 11.1 Å². The lowest BCUT2D eigenvalue weighted by Crippen LogP contribution is -1.95. The Morgan fingerprint density at radius 2 is 2.16 bits per heavy atom. The van der Waals surface area contributed by atoms with Crippen LogP contribution in [0.5, 0.6) is 0 Å². The van der Waals surface area contributed by atoms with E-state index in [0.29, 0.717) is 22.5 Å². The number of H-pyrrole nitrogens is 1. The average molecular weight is 252 g/mol. The van der Waals surface area contributed by atoms with Gasteiger partial charge in [0.25, 0.3) is 0 Å². The molecule has 1 N–H and O–H groups in total. The number of rotatable bonds is 1. The number of oxazole rings is 1. The molecule has 0 fully saturated rings. The molecule has 3 rings (SSSR count). The molecule has 0 saturated heterocycles. The number of hydrogen-bond donors (Lipinski definition) is 1. The Balaban J connectivity index is 2.21. The molecule has 3 aromatic rings. The summed E-state index contributed by atoms with van der Waals surface area (Å²) in [7, 11) is 0. The van der Waals surface area contributed by atoms with Crippen LogP contribution in [0.15, 0.2) is 33.5 Å². The minimum atomic E-state index is -0.497. The molecule has 2 aromatic heterocycles. The fourth-order valence-corrected chi connectivity index (χ4v) is 1.88. The smallest absolute Gasteiger partial charge is 0.408 e. The van der Waals surface area contributed by atoms with E-state index < -0.39 is 5.76 Å². The molecule has 0 amide bonds. The maximum atomic E-state index is 11.1. The van der Waals surface area contributed by atoms with Gasteiger partial charge >= 0.3 is 5.76 Å². The summed E-state index contributed by atoms with van der Waals surface area (Å²) in [6.45, 7) is 1.80. The third-order valence-corrected chi connectivity index (χ3v) is 2.67. The number of hydrogen-bond acceptors (Lipinski definition) is 5. The van der Waals surface area contributed by atoms with Crippen molar-refractivity contribution in [3.05, 3.63) is 46.3 Å². The van der Waals surface area contributed by atoms with Crippen molar-refractivity contribution in [3.63, 3.8) is 0 Å². The molecule has 92 valence electrons. The summed E-state index contributed by atoms with van der Waals surface area (Å²) in [4.78, 5) is 21.8. The molecule has 0 radical (unpaired) electrons. The van der Waals surface area contributed by atoms with Gasteiger partial charge in [-0.25, -0.2) is 14.8 Å². The second kappa shape index (κ2) is 4.07. The SMILES string of the molecule is Cc1cc(-c2ccc3oc(=O)[nH]c3c2)nc(C#N)n1. The summed E-state index contributed by atoms with van der Waals surface area (Å²) in [5.41, 5.74) is 3.21. The van der Waals surface area contributed by atoms with Gasteiger partial charge in [-0.2, -0.15) is 5.26 Å². The van der Waals surface area contributed by atoms with E-state index in [1.165, 1.54) is 0 Å². The minimum Gasteiger partial charge on any atom is -0.408 e. The maximum absolute atomic E-state index is 11.1. The summed E-state index contributed by atoms with van der Waals surface area (Å²) in [5, 5.41) is 8.87. The zero-order chi connectivity index (χ0) is 13.4. The van der Waals surface area contributed by atoms with Crippen molar-refractivity contribution in [3.8, 4) is 17.3 Å². The normalized spacial score (nSPS) is 10.5. The number of nitrogens with one attached hydrogen (secondary N) is 1. The Hall–Kier alpha value is -2.94. The highest BCUT2D eigenvalue weighted by Crippen LogP contribution is 2.21. The van der Waals surface area contributed by atoms with Crippen LogP contribution in [0.4, 0.5) is 0 Å². The fraction of sp³-hybridized carbons (Fsp3) is 0.0769. The van der Waals surface area contributed by atoms with E-state index in [1.807, 2.05) is 6.07 Å². The Labute approximate surface area is 107 Å². The molecule has 0 bridgehead atoms. The van der Waals surface area contributed by atoms with Gasteiger partial charge in [-0.15, -0.1) is 0 Å². The van der Waals surface area contributed by atoms with Crippen molar-refractivity contribution < 1.29 is 4.42 Å². The van der Waals surface area contributed by atoms with Crippen LogP contribution in [0.3, 0.4) is 0 Å². The van der Waals surface area contributed by atoms with E-state index in [9.17, 15) is 4.79 Å². The molecule has 0 aliphatic heterocycles. The summed E-state index contributed by atoms with van der Waals surface area (Å²) < 4.78 is 4.93. The lowest BCUT2D eigenvalue weighted by atomic mass is 10.1. The van der Waals surface area contributed by atoms with E-state index >= 15 is 0 Å². The summed E-state index contributed by atoms with van der Waals surface area (Å²) in [6, 6.07) is 8.92. The number of aromatic nitrogens is 3. The lowest BCUT2D eigenvalue weighted by Gasteiger charge is -2.02. The highest BCUT2D eigenvalue weighted by Gasteiger charge is 2.07. The fourth-order valence-electron chi connectivity index (χ4n) is 1.88. The molecule has 0 unspecified atom stereocenters. The van der Waals surface area contributed by atoms with E-state index in [0.717, 1.165) is 5.56 Å². The predicted molar refractivity (Wildman–Crippen MR) is 67.3 cm³/mol. The Bertz CT molecular complexity index is 870. The molecule has 1 aromatic carbocycles. The van der Waals surface area contributed by atoms with Crippen LogP contribution in [0.1, 0.15) is 11.5 Å². The average Bonchev–Trinajstić information content (AvgIpc) is 2.76. The summed E-state index contributed by atoms with van der Waals surface area (Å²) >= 11 is 0. The van der Waals surface area contributed by atoms with Gasteiger partial charge in [-0.3, -0.25) is 4.98 Å². The molecule has 0 spiro atoms. The Morgan fingerprint density at radius 1 is 1.32 bits per heavy atom. The summed E-state index contributed by atoms with van der Waals surface area (Å²) in [6.07, 6.45) is 0. The largest absolute Gasteiger partial charge is 0.417 e. The van der Waals surface area contributed by atoms with Crippen LogP contribution in [0, 0.1) is 18.3 Å². The van der Waals surface area contributed by atoms with Gasteiger partial charge < -0.3 is 4.42 Å². The van der Waals surface area contributed by atoms with Crippen LogP contribution < -0.4 is 5.76 Å². The Morgan fingerprint density at radius 3 is 2.95 bits per heavy atom. The van der Waals surface area contributed by atoms with E-state index in [2.05, 4.69) is 15.0 Å². The van der Waals surface area contributed by atoms with E-state index in [1.54, 1.807) is 31.2 Å². The van der Waals surface area contributed by atoms with Crippen molar-refractivity contribution in [2.24, 2.45) is 0 Å². The predicted octanol–water partition coefficient (Wildman–Crippen LogP) is 1.76. The molecule has 2 heterocycles. The first-order chi connectivity index (χ1) is 9.15. The number of benzene rings is 1. The van der Waals surface area contributed by atoms with Crippen molar-refractivity contribution in [1.29, 1.82) is 5.26 Å². The van der Waals surface area contributed by atoms with Crippen molar-refractivity contribution in [2.75, 3.05) is 0 Å². The molecule has 0 aliphatic rings. The monoisotopic (exact) mass is 252 g/mol. The molecule has 6 heteroatoms. The van der Waals surface area contributed by atoms with Crippen molar-refractivity contribution in [2.45, 2.75) is 6.92 Å². The second-order valence-electron chi connectivity index (χ2n) is 4.06. The zero-order valence-corrected chi connectivity index (χ0v) is 9.97. The molecule has 6 nitrogen and oxygen atoms in total. The first-order valence-electron chi connectivity index (χ1n) is 5.55. The standard InChI is InChI=1S/C13H8N4O2/c1-7-4-9(16-12(6-14)15-7)8-2-3-11-10(5-8)17-13(18)19-11/h2-5H,1H3,(H,17,18). The maximum Gasteiger partial charge on any atom is 0.417 e. The molecular formula is C13H8N4O2. The van der Waals surface area contributed by atoms with Gasteiger partial charge in [0.1, 0.15) is 6.07 Å². The van der Waals surface area contributed by atoms with Gasteiger partial charge in [0.15, 0.2) is 5.58 Å². The highest BCUT2D eigenvalue weighted by atomic mass is 16.4. The van der Waals surface area contributed by atoms with Gasteiger partial charge in [0.05, 0.1) is 11.2 Å². The van der Waals surface area contributed by atoms with Crippen LogP contribution in [-0.2, 0) is 0 Å². The quantitative estimate of drug-likeness (QED) is 0.711. The first-order valence-corrected chi connectivity index (χ1v) is 5.55. The number of nitrogens with zero attached hydrogens (tertiary/aromatic N) is 3. The third kappa shape index (κ3) is 1.98. The molecular weight excluding hydrogens is 244 g/mol. The molecule has 19 heavy (non-hydrogen) atoms. The number of aryl methyl sites for hydroxylation is 1. The Kier molecular flexibility index (Phi) is 2.39. The molecule has 0 atom stereocenters. The van der Waals surface area contributed by atoms with Crippen LogP contribution in [0.25, 0.3) is 22.4 Å². The molecule has 0 aliphatic carbocycles. The lowest BCUT2D eigenvalue weighted by molar-refractivity contribution is 0.555. The molecule has 0 saturated carbocycles. The van der Waals surface area contributed by atoms with Gasteiger partial charge in [0, 0.05) is 11.3 Å². The zero-order valence-electron chi connectivity index (χ0n) is 9.97. The first kappa shape index (κ1) is 11.2. The van der Waals surface area contributed by atoms with Gasteiger partial charge in [0.2, 0.25) is 5.82 Å². The highest BCUT2D eigenvalue weighted by molar-refractivity contribution is 5.79. The summed E-state index contributed by atoms with van der Waals surface area (Å²) in [5.74, 6) is -0.375. The number of fused-ring (bicyclic) bond motifs is 1. The van der Waals surface area contributed by atoms with Crippen LogP contribution in [-0.4, -0.2) is 15.0 Å². The number of nitriles is 1. The second-order valence-corrected chi connectivity index (χ2v) is 4.06. The van der Waals surface area contributed by atoms with Crippen LogP contribution >= 0.6 is 0 Å². The van der Waals surface area contributed by atoms with Crippen LogP contribution in [0.2, 0.25) is 0 Å². The number of aromatic amines is 1. The minimum absolute atomic E-state index is 0.121. The van der Waals surface area contributed by atoms with Gasteiger partial charge in [-0.1, -0.05) is 0 Å². The van der Waals surface area contributed by atoms with E-state index in [4.69, 9.17) is 9.68 Å². The topological polar surface area (TPSA) is 95.6 Å².